The molecule has 1 N–H and O–H groups in total. The molecule has 7 heteroatoms. The molecule has 0 radical (unpaired) electrons. The van der Waals surface area contributed by atoms with E-state index in [0.717, 1.165) is 50.7 Å². The zero-order valence-electron chi connectivity index (χ0n) is 16.2. The number of hydrogen-bond donors (Lipinski definition) is 1. The average molecular weight is 351 g/mol. The number of aliphatic imine (C=N–C) groups is 1. The molecule has 0 bridgehead atoms. The Morgan fingerprint density at radius 3 is 2.84 bits per heavy atom. The van der Waals surface area contributed by atoms with Crippen LogP contribution in [-0.4, -0.2) is 78.5 Å². The first kappa shape index (κ1) is 19.7. The van der Waals surface area contributed by atoms with E-state index in [0.29, 0.717) is 6.61 Å². The zero-order chi connectivity index (χ0) is 18.1. The molecule has 0 spiro atoms. The van der Waals surface area contributed by atoms with Crippen LogP contribution >= 0.6 is 0 Å². The first-order valence-electron chi connectivity index (χ1n) is 9.46. The normalized spacial score (nSPS) is 18.8. The third-order valence-electron chi connectivity index (χ3n) is 4.75. The third-order valence-corrected chi connectivity index (χ3v) is 4.75. The fraction of sp³-hybridized carbons (Fsp3) is 0.778. The number of aromatic nitrogens is 2. The minimum absolute atomic E-state index is 0.0590. The van der Waals surface area contributed by atoms with Crippen molar-refractivity contribution in [3.05, 3.63) is 18.0 Å². The molecule has 1 fully saturated rings. The Hall–Kier alpha value is -1.60. The summed E-state index contributed by atoms with van der Waals surface area (Å²) >= 11 is 0. The fourth-order valence-electron chi connectivity index (χ4n) is 3.18. The van der Waals surface area contributed by atoms with Crippen molar-refractivity contribution in [2.75, 3.05) is 52.9 Å². The first-order valence-corrected chi connectivity index (χ1v) is 9.46. The second-order valence-corrected chi connectivity index (χ2v) is 6.46. The molecule has 25 heavy (non-hydrogen) atoms. The second kappa shape index (κ2) is 10.4. The number of aryl methyl sites for hydroxylation is 1. The van der Waals surface area contributed by atoms with Crippen molar-refractivity contribution >= 4 is 5.96 Å². The molecule has 1 aromatic rings. The van der Waals surface area contributed by atoms with Gasteiger partial charge in [-0.15, -0.1) is 0 Å². The molecular formula is C18H34N6O. The number of guanidine groups is 1. The number of nitrogens with zero attached hydrogens (tertiary/aromatic N) is 5. The Morgan fingerprint density at radius 1 is 1.40 bits per heavy atom. The number of hydrogen-bond acceptors (Lipinski definition) is 4. The van der Waals surface area contributed by atoms with E-state index in [4.69, 9.17) is 4.74 Å². The molecule has 0 aromatic carbocycles. The van der Waals surface area contributed by atoms with Gasteiger partial charge in [0, 0.05) is 38.9 Å². The van der Waals surface area contributed by atoms with E-state index >= 15 is 0 Å². The van der Waals surface area contributed by atoms with Gasteiger partial charge in [0.05, 0.1) is 19.3 Å². The maximum Gasteiger partial charge on any atom is 0.193 e. The van der Waals surface area contributed by atoms with Gasteiger partial charge in [-0.05, 0) is 32.5 Å². The van der Waals surface area contributed by atoms with Crippen molar-refractivity contribution in [1.82, 2.24) is 24.9 Å². The van der Waals surface area contributed by atoms with Crippen LogP contribution in [0, 0.1) is 0 Å². The van der Waals surface area contributed by atoms with Crippen molar-refractivity contribution in [1.29, 1.82) is 0 Å². The van der Waals surface area contributed by atoms with Gasteiger partial charge >= 0.3 is 0 Å². The summed E-state index contributed by atoms with van der Waals surface area (Å²) in [5.41, 5.74) is 1.13. The van der Waals surface area contributed by atoms with E-state index in [1.54, 1.807) is 0 Å². The lowest BCUT2D eigenvalue weighted by Gasteiger charge is -2.34. The predicted octanol–water partition coefficient (Wildman–Crippen LogP) is 1.49. The number of nitrogens with one attached hydrogen (secondary N) is 1. The molecule has 0 saturated carbocycles. The number of morpholine rings is 1. The minimum atomic E-state index is 0.0590. The van der Waals surface area contributed by atoms with Gasteiger partial charge in [0.15, 0.2) is 5.96 Å². The Labute approximate surface area is 152 Å². The average Bonchev–Trinajstić information content (AvgIpc) is 3.08. The van der Waals surface area contributed by atoms with E-state index in [1.807, 2.05) is 31.2 Å². The molecule has 1 unspecified atom stereocenters. The number of rotatable bonds is 8. The minimum Gasteiger partial charge on any atom is -0.370 e. The van der Waals surface area contributed by atoms with Crippen molar-refractivity contribution in [3.63, 3.8) is 0 Å². The van der Waals surface area contributed by atoms with Crippen molar-refractivity contribution in [2.24, 2.45) is 12.0 Å². The highest BCUT2D eigenvalue weighted by Gasteiger charge is 2.24. The van der Waals surface area contributed by atoms with Gasteiger partial charge in [0.1, 0.15) is 6.10 Å². The summed E-state index contributed by atoms with van der Waals surface area (Å²) in [4.78, 5) is 9.21. The van der Waals surface area contributed by atoms with Gasteiger partial charge in [-0.1, -0.05) is 13.8 Å². The standard InChI is InChI=1S/C18H34N6O/c1-5-23(6-2)10-8-7-9-20-18(19-3)24-11-12-25-17(15-24)16-13-21-22(4)14-16/h13-14,17H,5-12,15H2,1-4H3,(H,19,20). The second-order valence-electron chi connectivity index (χ2n) is 6.46. The molecule has 1 aromatic heterocycles. The van der Waals surface area contributed by atoms with Gasteiger partial charge in [-0.2, -0.15) is 5.10 Å². The molecule has 1 atom stereocenters. The number of ether oxygens (including phenoxy) is 1. The van der Waals surface area contributed by atoms with Crippen LogP contribution in [-0.2, 0) is 11.8 Å². The largest absolute Gasteiger partial charge is 0.370 e. The maximum atomic E-state index is 5.91. The summed E-state index contributed by atoms with van der Waals surface area (Å²) in [6, 6.07) is 0. The summed E-state index contributed by atoms with van der Waals surface area (Å²) in [7, 11) is 3.79. The van der Waals surface area contributed by atoms with Crippen LogP contribution in [0.1, 0.15) is 38.4 Å². The zero-order valence-corrected chi connectivity index (χ0v) is 16.2. The van der Waals surface area contributed by atoms with Crippen LogP contribution in [0.3, 0.4) is 0 Å². The van der Waals surface area contributed by atoms with Crippen molar-refractivity contribution in [3.8, 4) is 0 Å². The van der Waals surface area contributed by atoms with Gasteiger partial charge in [0.2, 0.25) is 0 Å². The monoisotopic (exact) mass is 350 g/mol. The maximum absolute atomic E-state index is 5.91. The lowest BCUT2D eigenvalue weighted by atomic mass is 10.1. The summed E-state index contributed by atoms with van der Waals surface area (Å²) in [6.07, 6.45) is 6.34. The van der Waals surface area contributed by atoms with Crippen LogP contribution in [0.15, 0.2) is 17.4 Å². The van der Waals surface area contributed by atoms with E-state index in [1.165, 1.54) is 13.0 Å². The first-order chi connectivity index (χ1) is 12.2. The SMILES string of the molecule is CCN(CC)CCCCNC(=NC)N1CCOC(c2cnn(C)c2)C1. The van der Waals surface area contributed by atoms with E-state index in [9.17, 15) is 0 Å². The Bertz CT molecular complexity index is 525. The highest BCUT2D eigenvalue weighted by Crippen LogP contribution is 2.21. The summed E-state index contributed by atoms with van der Waals surface area (Å²) in [6.45, 7) is 11.2. The van der Waals surface area contributed by atoms with Crippen LogP contribution < -0.4 is 5.32 Å². The summed E-state index contributed by atoms with van der Waals surface area (Å²) in [5.74, 6) is 0.972. The van der Waals surface area contributed by atoms with Gasteiger partial charge < -0.3 is 19.9 Å². The van der Waals surface area contributed by atoms with E-state index in [2.05, 4.69) is 39.1 Å². The smallest absolute Gasteiger partial charge is 0.193 e. The Kier molecular flexibility index (Phi) is 8.21. The third kappa shape index (κ3) is 6.01. The molecule has 1 aliphatic heterocycles. The quantitative estimate of drug-likeness (QED) is 0.437. The highest BCUT2D eigenvalue weighted by atomic mass is 16.5. The van der Waals surface area contributed by atoms with Crippen molar-refractivity contribution < 1.29 is 4.74 Å². The summed E-state index contributed by atoms with van der Waals surface area (Å²) < 4.78 is 7.73. The van der Waals surface area contributed by atoms with Gasteiger partial charge in [-0.3, -0.25) is 9.67 Å². The molecule has 0 aliphatic carbocycles. The van der Waals surface area contributed by atoms with E-state index in [-0.39, 0.29) is 6.10 Å². The van der Waals surface area contributed by atoms with Crippen LogP contribution in [0.5, 0.6) is 0 Å². The molecular weight excluding hydrogens is 316 g/mol. The van der Waals surface area contributed by atoms with Crippen LogP contribution in [0.2, 0.25) is 0 Å². The van der Waals surface area contributed by atoms with Crippen LogP contribution in [0.25, 0.3) is 0 Å². The van der Waals surface area contributed by atoms with Crippen molar-refractivity contribution in [2.45, 2.75) is 32.8 Å². The predicted molar refractivity (Wildman–Crippen MR) is 102 cm³/mol. The Balaban J connectivity index is 1.76. The Morgan fingerprint density at radius 2 is 2.20 bits per heavy atom. The molecule has 142 valence electrons. The van der Waals surface area contributed by atoms with Gasteiger partial charge in [0.25, 0.3) is 0 Å². The summed E-state index contributed by atoms with van der Waals surface area (Å²) in [5, 5.41) is 7.76. The molecule has 0 amide bonds. The highest BCUT2D eigenvalue weighted by molar-refractivity contribution is 5.80. The topological polar surface area (TPSA) is 57.9 Å². The fourth-order valence-corrected chi connectivity index (χ4v) is 3.18. The molecule has 2 rings (SSSR count). The van der Waals surface area contributed by atoms with Crippen LogP contribution in [0.4, 0.5) is 0 Å². The molecule has 1 saturated heterocycles. The molecule has 2 heterocycles. The molecule has 1 aliphatic rings. The molecule has 7 nitrogen and oxygen atoms in total. The number of unbranched alkanes of at least 4 members (excludes halogenated alkanes) is 1. The lowest BCUT2D eigenvalue weighted by Crippen LogP contribution is -2.48. The van der Waals surface area contributed by atoms with E-state index < -0.39 is 0 Å². The van der Waals surface area contributed by atoms with Gasteiger partial charge in [-0.25, -0.2) is 0 Å². The lowest BCUT2D eigenvalue weighted by molar-refractivity contribution is -0.00802.